The van der Waals surface area contributed by atoms with Crippen LogP contribution in [0.4, 0.5) is 0 Å². The minimum atomic E-state index is 0.538. The van der Waals surface area contributed by atoms with Gasteiger partial charge in [-0.15, -0.1) is 6.42 Å². The molecule has 0 aliphatic heterocycles. The lowest BCUT2D eigenvalue weighted by molar-refractivity contribution is 0.831. The van der Waals surface area contributed by atoms with Crippen molar-refractivity contribution in [3.63, 3.8) is 0 Å². The van der Waals surface area contributed by atoms with E-state index in [0.29, 0.717) is 5.92 Å². The fourth-order valence-corrected chi connectivity index (χ4v) is 0.575. The van der Waals surface area contributed by atoms with Gasteiger partial charge in [-0.2, -0.15) is 0 Å². The van der Waals surface area contributed by atoms with E-state index in [1.807, 2.05) is 12.2 Å². The van der Waals surface area contributed by atoms with Crippen LogP contribution in [0.5, 0.6) is 0 Å². The molecule has 0 aromatic heterocycles. The van der Waals surface area contributed by atoms with Crippen LogP contribution >= 0.6 is 0 Å². The largest absolute Gasteiger partial charge is 0.115 e. The summed E-state index contributed by atoms with van der Waals surface area (Å²) >= 11 is 0. The Morgan fingerprint density at radius 3 is 2.55 bits per heavy atom. The van der Waals surface area contributed by atoms with Crippen LogP contribution in [0.25, 0.3) is 0 Å². The Balaban J connectivity index is 4.22. The number of terminal acetylenes is 1. The molecule has 0 spiro atoms. The number of rotatable bonds is 3. The van der Waals surface area contributed by atoms with Gasteiger partial charge in [-0.05, 0) is 12.0 Å². The summed E-state index contributed by atoms with van der Waals surface area (Å²) in [5, 5.41) is 0. The summed E-state index contributed by atoms with van der Waals surface area (Å²) in [7, 11) is 0. The molecule has 0 saturated heterocycles. The van der Waals surface area contributed by atoms with E-state index in [0.717, 1.165) is 5.57 Å². The fraction of sp³-hybridized carbons (Fsp3) is 0.273. The lowest BCUT2D eigenvalue weighted by Crippen LogP contribution is -1.78. The van der Waals surface area contributed by atoms with Crippen molar-refractivity contribution in [3.8, 4) is 12.3 Å². The molecule has 0 aromatic carbocycles. The highest BCUT2D eigenvalue weighted by molar-refractivity contribution is 5.38. The minimum absolute atomic E-state index is 0.538. The monoisotopic (exact) mass is 146 g/mol. The normalized spacial score (nSPS) is 12.0. The summed E-state index contributed by atoms with van der Waals surface area (Å²) in [4.78, 5) is 0. The molecule has 0 amide bonds. The molecule has 0 atom stereocenters. The minimum Gasteiger partial charge on any atom is -0.115 e. The van der Waals surface area contributed by atoms with Crippen molar-refractivity contribution in [2.45, 2.75) is 13.8 Å². The maximum atomic E-state index is 5.23. The molecule has 0 N–H and O–H groups in total. The SMILES string of the molecule is C#CC(/C=C\C(C)C)=C/C=C. The van der Waals surface area contributed by atoms with Crippen molar-refractivity contribution in [1.82, 2.24) is 0 Å². The molecular formula is C11H14. The summed E-state index contributed by atoms with van der Waals surface area (Å²) < 4.78 is 0. The first kappa shape index (κ1) is 9.78. The van der Waals surface area contributed by atoms with Crippen LogP contribution in [0.1, 0.15) is 13.8 Å². The van der Waals surface area contributed by atoms with E-state index in [1.54, 1.807) is 6.08 Å². The van der Waals surface area contributed by atoms with E-state index >= 15 is 0 Å². The van der Waals surface area contributed by atoms with Crippen LogP contribution in [0, 0.1) is 18.3 Å². The molecule has 0 heterocycles. The van der Waals surface area contributed by atoms with Crippen molar-refractivity contribution in [2.24, 2.45) is 5.92 Å². The van der Waals surface area contributed by atoms with Crippen LogP contribution in [0.3, 0.4) is 0 Å². The van der Waals surface area contributed by atoms with Gasteiger partial charge in [-0.1, -0.05) is 44.6 Å². The van der Waals surface area contributed by atoms with Gasteiger partial charge >= 0.3 is 0 Å². The van der Waals surface area contributed by atoms with Crippen LogP contribution in [0.15, 0.2) is 36.5 Å². The second-order valence-electron chi connectivity index (χ2n) is 2.61. The van der Waals surface area contributed by atoms with Crippen LogP contribution in [0.2, 0.25) is 0 Å². The molecule has 58 valence electrons. The van der Waals surface area contributed by atoms with E-state index in [-0.39, 0.29) is 0 Å². The Kier molecular flexibility index (Phi) is 4.94. The summed E-state index contributed by atoms with van der Waals surface area (Å²) in [6.07, 6.45) is 12.7. The molecule has 0 saturated carbocycles. The molecule has 0 heteroatoms. The Labute approximate surface area is 69.3 Å². The highest BCUT2D eigenvalue weighted by atomic mass is 13.9. The van der Waals surface area contributed by atoms with Gasteiger partial charge in [0.2, 0.25) is 0 Å². The summed E-state index contributed by atoms with van der Waals surface area (Å²) in [6.45, 7) is 7.79. The maximum absolute atomic E-state index is 5.23. The highest BCUT2D eigenvalue weighted by Crippen LogP contribution is 2.00. The number of hydrogen-bond acceptors (Lipinski definition) is 0. The third-order valence-electron chi connectivity index (χ3n) is 1.12. The summed E-state index contributed by atoms with van der Waals surface area (Å²) in [5.74, 6) is 3.10. The Bertz CT molecular complexity index is 209. The molecular weight excluding hydrogens is 132 g/mol. The van der Waals surface area contributed by atoms with Gasteiger partial charge in [-0.25, -0.2) is 0 Å². The van der Waals surface area contributed by atoms with E-state index in [1.165, 1.54) is 0 Å². The van der Waals surface area contributed by atoms with Gasteiger partial charge in [0.15, 0.2) is 0 Å². The molecule has 0 aromatic rings. The fourth-order valence-electron chi connectivity index (χ4n) is 0.575. The first-order valence-electron chi connectivity index (χ1n) is 3.68. The maximum Gasteiger partial charge on any atom is 0.0239 e. The molecule has 0 bridgehead atoms. The van der Waals surface area contributed by atoms with Gasteiger partial charge in [-0.3, -0.25) is 0 Å². The smallest absolute Gasteiger partial charge is 0.0239 e. The van der Waals surface area contributed by atoms with E-state index in [2.05, 4.69) is 32.4 Å². The predicted molar refractivity (Wildman–Crippen MR) is 51.1 cm³/mol. The van der Waals surface area contributed by atoms with E-state index < -0.39 is 0 Å². The first-order valence-corrected chi connectivity index (χ1v) is 3.68. The second-order valence-corrected chi connectivity index (χ2v) is 2.61. The lowest BCUT2D eigenvalue weighted by atomic mass is 10.1. The molecule has 0 aliphatic rings. The van der Waals surface area contributed by atoms with Gasteiger partial charge < -0.3 is 0 Å². The molecule has 0 nitrogen and oxygen atoms in total. The summed E-state index contributed by atoms with van der Waals surface area (Å²) in [5.41, 5.74) is 0.869. The van der Waals surface area contributed by atoms with E-state index in [9.17, 15) is 0 Å². The quantitative estimate of drug-likeness (QED) is 0.424. The van der Waals surface area contributed by atoms with Crippen molar-refractivity contribution in [2.75, 3.05) is 0 Å². The predicted octanol–water partition coefficient (Wildman–Crippen LogP) is 2.94. The third-order valence-corrected chi connectivity index (χ3v) is 1.12. The van der Waals surface area contributed by atoms with Gasteiger partial charge in [0.1, 0.15) is 0 Å². The van der Waals surface area contributed by atoms with Crippen LogP contribution in [-0.2, 0) is 0 Å². The first-order chi connectivity index (χ1) is 5.20. The van der Waals surface area contributed by atoms with Crippen LogP contribution < -0.4 is 0 Å². The topological polar surface area (TPSA) is 0 Å². The number of hydrogen-bond donors (Lipinski definition) is 0. The molecule has 0 unspecified atom stereocenters. The standard InChI is InChI=1S/C11H14/c1-5-7-11(6-2)9-8-10(3)4/h2,5,7-10H,1H2,3-4H3/b9-8-,11-7-. The average molecular weight is 146 g/mol. The Morgan fingerprint density at radius 1 is 1.55 bits per heavy atom. The van der Waals surface area contributed by atoms with Gasteiger partial charge in [0.25, 0.3) is 0 Å². The molecule has 0 rings (SSSR count). The summed E-state index contributed by atoms with van der Waals surface area (Å²) in [6, 6.07) is 0. The zero-order chi connectivity index (χ0) is 8.69. The average Bonchev–Trinajstić information content (AvgIpc) is 1.97. The van der Waals surface area contributed by atoms with Crippen molar-refractivity contribution < 1.29 is 0 Å². The van der Waals surface area contributed by atoms with Gasteiger partial charge in [0.05, 0.1) is 0 Å². The molecule has 0 fully saturated rings. The van der Waals surface area contributed by atoms with Crippen molar-refractivity contribution in [1.29, 1.82) is 0 Å². The van der Waals surface area contributed by atoms with Crippen molar-refractivity contribution in [3.05, 3.63) is 36.5 Å². The molecule has 0 radical (unpaired) electrons. The van der Waals surface area contributed by atoms with Gasteiger partial charge in [0, 0.05) is 5.57 Å². The zero-order valence-corrected chi connectivity index (χ0v) is 7.17. The third kappa shape index (κ3) is 5.24. The molecule has 11 heavy (non-hydrogen) atoms. The Hall–Kier alpha value is -1.22. The lowest BCUT2D eigenvalue weighted by Gasteiger charge is -1.92. The second kappa shape index (κ2) is 5.56. The Morgan fingerprint density at radius 2 is 2.18 bits per heavy atom. The zero-order valence-electron chi connectivity index (χ0n) is 7.17. The molecule has 0 aliphatic carbocycles. The number of allylic oxidation sites excluding steroid dienone is 5. The van der Waals surface area contributed by atoms with Crippen LogP contribution in [-0.4, -0.2) is 0 Å². The highest BCUT2D eigenvalue weighted by Gasteiger charge is 1.85. The van der Waals surface area contributed by atoms with Crippen molar-refractivity contribution >= 4 is 0 Å². The van der Waals surface area contributed by atoms with E-state index in [4.69, 9.17) is 6.42 Å².